The van der Waals surface area contributed by atoms with Crippen LogP contribution in [-0.4, -0.2) is 25.7 Å². The number of rotatable bonds is 5. The van der Waals surface area contributed by atoms with Crippen LogP contribution < -0.4 is 14.8 Å². The molecule has 0 atom stereocenters. The van der Waals surface area contributed by atoms with Crippen LogP contribution in [0.5, 0.6) is 11.5 Å². The Morgan fingerprint density at radius 2 is 1.70 bits per heavy atom. The summed E-state index contributed by atoms with van der Waals surface area (Å²) >= 11 is 0. The maximum absolute atomic E-state index is 13.2. The Labute approximate surface area is 194 Å². The molecule has 0 radical (unpaired) electrons. The van der Waals surface area contributed by atoms with Crippen molar-refractivity contribution in [2.24, 2.45) is 0 Å². The molecule has 2 N–H and O–H groups in total. The zero-order valence-electron chi connectivity index (χ0n) is 17.3. The standard InChI is InChI=1S/C24H21NO6S.CH4.H2/c1-15-2-6-18(13-20(15)16-3-7-19(8-4-16)32(27,28)29)25-23(26)24(10-11-24)17-5-9-21-22(12-17)31-14-30-21;;/h2-9,12-13H,10-11,14H2,1H3,(H,25,26)(H,27,28,29);1H4;1H. The molecule has 1 amide bonds. The predicted molar refractivity (Wildman–Crippen MR) is 127 cm³/mol. The average Bonchev–Trinajstić information content (AvgIpc) is 3.45. The van der Waals surface area contributed by atoms with Crippen molar-refractivity contribution in [2.45, 2.75) is 37.5 Å². The molecule has 1 aliphatic heterocycles. The van der Waals surface area contributed by atoms with Gasteiger partial charge >= 0.3 is 0 Å². The van der Waals surface area contributed by atoms with Crippen molar-refractivity contribution in [3.05, 3.63) is 71.8 Å². The molecule has 3 aromatic carbocycles. The normalized spacial score (nSPS) is 15.5. The molecule has 1 aliphatic carbocycles. The number of hydrogen-bond acceptors (Lipinski definition) is 5. The van der Waals surface area contributed by atoms with Gasteiger partial charge in [-0.3, -0.25) is 9.35 Å². The van der Waals surface area contributed by atoms with E-state index in [1.165, 1.54) is 12.1 Å². The molecule has 1 saturated carbocycles. The monoisotopic (exact) mass is 469 g/mol. The molecule has 0 saturated heterocycles. The molecule has 7 nitrogen and oxygen atoms in total. The molecule has 0 spiro atoms. The van der Waals surface area contributed by atoms with Crippen LogP contribution in [0.1, 0.15) is 32.8 Å². The van der Waals surface area contributed by atoms with Crippen LogP contribution in [0.2, 0.25) is 0 Å². The van der Waals surface area contributed by atoms with Gasteiger partial charge in [0, 0.05) is 7.11 Å². The van der Waals surface area contributed by atoms with Gasteiger partial charge in [-0.25, -0.2) is 0 Å². The van der Waals surface area contributed by atoms with Crippen molar-refractivity contribution >= 4 is 21.7 Å². The molecule has 174 valence electrons. The molecule has 0 aromatic heterocycles. The van der Waals surface area contributed by atoms with Gasteiger partial charge in [-0.15, -0.1) is 0 Å². The number of carbonyl (C=O) groups excluding carboxylic acids is 1. The van der Waals surface area contributed by atoms with Gasteiger partial charge in [0.15, 0.2) is 11.5 Å². The molecule has 2 aliphatic rings. The highest BCUT2D eigenvalue weighted by atomic mass is 32.2. The van der Waals surface area contributed by atoms with Crippen LogP contribution in [0.25, 0.3) is 11.1 Å². The largest absolute Gasteiger partial charge is 0.454 e. The van der Waals surface area contributed by atoms with E-state index in [1.807, 2.05) is 43.3 Å². The molecular weight excluding hydrogens is 442 g/mol. The molecule has 1 fully saturated rings. The molecule has 3 aromatic rings. The van der Waals surface area contributed by atoms with E-state index in [9.17, 15) is 17.8 Å². The summed E-state index contributed by atoms with van der Waals surface area (Å²) in [6.07, 6.45) is 1.52. The van der Waals surface area contributed by atoms with Crippen molar-refractivity contribution < 1.29 is 28.7 Å². The second-order valence-electron chi connectivity index (χ2n) is 8.13. The van der Waals surface area contributed by atoms with Gasteiger partial charge in [0.05, 0.1) is 10.3 Å². The van der Waals surface area contributed by atoms with E-state index in [4.69, 9.17) is 9.47 Å². The SMILES string of the molecule is C.Cc1ccc(NC(=O)C2(c3ccc4c(c3)OCO4)CC2)cc1-c1ccc(S(=O)(=O)O)cc1.[HH]. The number of ether oxygens (including phenoxy) is 2. The third-order valence-electron chi connectivity index (χ3n) is 6.07. The molecular formula is C25H27NO6S. The minimum absolute atomic E-state index is 0. The summed E-state index contributed by atoms with van der Waals surface area (Å²) < 4.78 is 42.6. The maximum Gasteiger partial charge on any atom is 0.294 e. The summed E-state index contributed by atoms with van der Waals surface area (Å²) in [6.45, 7) is 2.13. The lowest BCUT2D eigenvalue weighted by molar-refractivity contribution is -0.118. The highest BCUT2D eigenvalue weighted by Gasteiger charge is 2.51. The zero-order valence-corrected chi connectivity index (χ0v) is 18.1. The summed E-state index contributed by atoms with van der Waals surface area (Å²) in [5, 5.41) is 3.04. The van der Waals surface area contributed by atoms with Crippen LogP contribution in [0.3, 0.4) is 0 Å². The third-order valence-corrected chi connectivity index (χ3v) is 6.94. The van der Waals surface area contributed by atoms with Gasteiger partial charge in [-0.1, -0.05) is 31.7 Å². The first-order chi connectivity index (χ1) is 15.3. The average molecular weight is 470 g/mol. The minimum Gasteiger partial charge on any atom is -0.454 e. The van der Waals surface area contributed by atoms with Crippen molar-refractivity contribution in [2.75, 3.05) is 12.1 Å². The number of carbonyl (C=O) groups is 1. The predicted octanol–water partition coefficient (Wildman–Crippen LogP) is 5.19. The Bertz CT molecular complexity index is 1330. The molecule has 0 unspecified atom stereocenters. The summed E-state index contributed by atoms with van der Waals surface area (Å²) in [5.74, 6) is 1.27. The van der Waals surface area contributed by atoms with E-state index in [0.29, 0.717) is 17.2 Å². The van der Waals surface area contributed by atoms with Crippen LogP contribution in [0.4, 0.5) is 5.69 Å². The first-order valence-electron chi connectivity index (χ1n) is 10.2. The Morgan fingerprint density at radius 1 is 1.00 bits per heavy atom. The van der Waals surface area contributed by atoms with Crippen LogP contribution in [0, 0.1) is 6.92 Å². The summed E-state index contributed by atoms with van der Waals surface area (Å²) in [5.41, 5.74) is 3.59. The fourth-order valence-electron chi connectivity index (χ4n) is 4.03. The first kappa shape index (κ1) is 22.8. The van der Waals surface area contributed by atoms with E-state index in [1.54, 1.807) is 12.1 Å². The third kappa shape index (κ3) is 4.19. The maximum atomic E-state index is 13.2. The number of aryl methyl sites for hydroxylation is 1. The number of hydrogen-bond donors (Lipinski definition) is 2. The second kappa shape index (κ2) is 8.20. The number of anilines is 1. The Morgan fingerprint density at radius 3 is 2.36 bits per heavy atom. The van der Waals surface area contributed by atoms with Crippen LogP contribution in [-0.2, 0) is 20.3 Å². The lowest BCUT2D eigenvalue weighted by Gasteiger charge is -2.17. The van der Waals surface area contributed by atoms with Gasteiger partial charge in [0.25, 0.3) is 10.1 Å². The van der Waals surface area contributed by atoms with E-state index < -0.39 is 15.5 Å². The molecule has 33 heavy (non-hydrogen) atoms. The summed E-state index contributed by atoms with van der Waals surface area (Å²) in [6, 6.07) is 17.2. The highest BCUT2D eigenvalue weighted by molar-refractivity contribution is 7.85. The van der Waals surface area contributed by atoms with Gasteiger partial charge in [-0.05, 0) is 78.4 Å². The van der Waals surface area contributed by atoms with Crippen LogP contribution in [0.15, 0.2) is 65.6 Å². The van der Waals surface area contributed by atoms with Crippen molar-refractivity contribution in [1.29, 1.82) is 0 Å². The number of nitrogens with one attached hydrogen (secondary N) is 1. The number of benzene rings is 3. The van der Waals surface area contributed by atoms with Gasteiger partial charge in [0.2, 0.25) is 12.7 Å². The van der Waals surface area contributed by atoms with E-state index >= 15 is 0 Å². The molecule has 1 heterocycles. The smallest absolute Gasteiger partial charge is 0.294 e. The van der Waals surface area contributed by atoms with E-state index in [2.05, 4.69) is 5.32 Å². The molecule has 5 rings (SSSR count). The van der Waals surface area contributed by atoms with E-state index in [-0.39, 0.29) is 26.4 Å². The fraction of sp³-hybridized carbons (Fsp3) is 0.240. The summed E-state index contributed by atoms with van der Waals surface area (Å²) in [7, 11) is -4.25. The topological polar surface area (TPSA) is 102 Å². The minimum atomic E-state index is -4.25. The highest BCUT2D eigenvalue weighted by Crippen LogP contribution is 2.51. The molecule has 0 bridgehead atoms. The van der Waals surface area contributed by atoms with Crippen molar-refractivity contribution in [3.8, 4) is 22.6 Å². The van der Waals surface area contributed by atoms with E-state index in [0.717, 1.165) is 35.1 Å². The van der Waals surface area contributed by atoms with Crippen molar-refractivity contribution in [3.63, 3.8) is 0 Å². The Kier molecular flexibility index (Phi) is 5.67. The number of amides is 1. The number of fused-ring (bicyclic) bond motifs is 1. The van der Waals surface area contributed by atoms with Crippen LogP contribution >= 0.6 is 0 Å². The van der Waals surface area contributed by atoms with Gasteiger partial charge < -0.3 is 14.8 Å². The lowest BCUT2D eigenvalue weighted by atomic mass is 9.94. The fourth-order valence-corrected chi connectivity index (χ4v) is 4.51. The van der Waals surface area contributed by atoms with Gasteiger partial charge in [0.1, 0.15) is 0 Å². The Balaban J connectivity index is 0.00000162. The zero-order chi connectivity index (χ0) is 22.5. The molecule has 8 heteroatoms. The van der Waals surface area contributed by atoms with Crippen molar-refractivity contribution in [1.82, 2.24) is 0 Å². The lowest BCUT2D eigenvalue weighted by Crippen LogP contribution is -2.27. The second-order valence-corrected chi connectivity index (χ2v) is 9.55. The van der Waals surface area contributed by atoms with Gasteiger partial charge in [-0.2, -0.15) is 8.42 Å². The Hall–Kier alpha value is -3.36. The quantitative estimate of drug-likeness (QED) is 0.499. The first-order valence-corrected chi connectivity index (χ1v) is 11.6. The summed E-state index contributed by atoms with van der Waals surface area (Å²) in [4.78, 5) is 13.0.